The maximum Gasteiger partial charge on any atom is 0.0693 e. The van der Waals surface area contributed by atoms with Gasteiger partial charge in [0.15, 0.2) is 0 Å². The summed E-state index contributed by atoms with van der Waals surface area (Å²) in [6.45, 7) is 1.73. The van der Waals surface area contributed by atoms with E-state index in [1.165, 1.54) is 19.3 Å². The van der Waals surface area contributed by atoms with Gasteiger partial charge in [0, 0.05) is 18.7 Å². The largest absolute Gasteiger partial charge is 0.392 e. The van der Waals surface area contributed by atoms with Gasteiger partial charge in [-0.1, -0.05) is 12.8 Å². The maximum atomic E-state index is 9.80. The first kappa shape index (κ1) is 10.4. The first-order chi connectivity index (χ1) is 6.86. The number of aliphatic hydroxyl groups excluding tert-OH is 1. The van der Waals surface area contributed by atoms with Crippen LogP contribution < -0.4 is 5.32 Å². The average Bonchev–Trinajstić information content (AvgIpc) is 2.23. The summed E-state index contributed by atoms with van der Waals surface area (Å²) in [5.41, 5.74) is 0. The summed E-state index contributed by atoms with van der Waals surface area (Å²) >= 11 is 0. The monoisotopic (exact) mass is 199 g/mol. The molecule has 2 rings (SSSR count). The fraction of sp³-hybridized carbons (Fsp3) is 1.00. The quantitative estimate of drug-likeness (QED) is 0.698. The molecule has 1 saturated heterocycles. The number of hydrogen-bond acceptors (Lipinski definition) is 3. The van der Waals surface area contributed by atoms with Crippen LogP contribution in [0.2, 0.25) is 0 Å². The molecule has 2 aliphatic rings. The second-order valence-electron chi connectivity index (χ2n) is 4.54. The van der Waals surface area contributed by atoms with Crippen LogP contribution in [0.5, 0.6) is 0 Å². The van der Waals surface area contributed by atoms with Crippen molar-refractivity contribution in [2.45, 2.75) is 56.7 Å². The molecule has 1 aliphatic heterocycles. The Kier molecular flexibility index (Phi) is 3.79. The van der Waals surface area contributed by atoms with Crippen molar-refractivity contribution in [2.75, 3.05) is 13.2 Å². The molecule has 3 atom stereocenters. The van der Waals surface area contributed by atoms with Gasteiger partial charge in [0.25, 0.3) is 0 Å². The minimum atomic E-state index is -0.134. The summed E-state index contributed by atoms with van der Waals surface area (Å²) in [4.78, 5) is 0. The molecule has 0 amide bonds. The molecule has 0 aromatic carbocycles. The van der Waals surface area contributed by atoms with Crippen molar-refractivity contribution in [3.8, 4) is 0 Å². The van der Waals surface area contributed by atoms with E-state index in [0.29, 0.717) is 12.1 Å². The van der Waals surface area contributed by atoms with E-state index in [4.69, 9.17) is 4.74 Å². The van der Waals surface area contributed by atoms with Crippen molar-refractivity contribution < 1.29 is 9.84 Å². The molecule has 2 fully saturated rings. The third-order valence-electron chi connectivity index (χ3n) is 3.34. The SMILES string of the molecule is O[C@H]1CCCC[C@@H]1NC1CCCOC1. The lowest BCUT2D eigenvalue weighted by molar-refractivity contribution is 0.0397. The van der Waals surface area contributed by atoms with Gasteiger partial charge in [-0.15, -0.1) is 0 Å². The zero-order chi connectivity index (χ0) is 9.80. The van der Waals surface area contributed by atoms with Gasteiger partial charge in [-0.25, -0.2) is 0 Å². The molecule has 1 aliphatic carbocycles. The van der Waals surface area contributed by atoms with E-state index in [9.17, 15) is 5.11 Å². The Hall–Kier alpha value is -0.120. The second-order valence-corrected chi connectivity index (χ2v) is 4.54. The molecule has 1 heterocycles. The predicted octanol–water partition coefficient (Wildman–Crippen LogP) is 1.06. The average molecular weight is 199 g/mol. The number of ether oxygens (including phenoxy) is 1. The molecule has 3 heteroatoms. The number of aliphatic hydroxyl groups is 1. The van der Waals surface area contributed by atoms with Crippen LogP contribution in [0.25, 0.3) is 0 Å². The van der Waals surface area contributed by atoms with Crippen LogP contribution in [0.4, 0.5) is 0 Å². The molecular weight excluding hydrogens is 178 g/mol. The highest BCUT2D eigenvalue weighted by Crippen LogP contribution is 2.20. The summed E-state index contributed by atoms with van der Waals surface area (Å²) in [6, 6.07) is 0.789. The summed E-state index contributed by atoms with van der Waals surface area (Å²) in [5, 5.41) is 13.3. The fourth-order valence-corrected chi connectivity index (χ4v) is 2.48. The molecule has 82 valence electrons. The molecule has 0 aromatic heterocycles. The van der Waals surface area contributed by atoms with Gasteiger partial charge >= 0.3 is 0 Å². The Morgan fingerprint density at radius 2 is 1.93 bits per heavy atom. The van der Waals surface area contributed by atoms with Gasteiger partial charge in [0.2, 0.25) is 0 Å². The van der Waals surface area contributed by atoms with Crippen LogP contribution in [0.3, 0.4) is 0 Å². The number of rotatable bonds is 2. The van der Waals surface area contributed by atoms with Crippen LogP contribution in [0, 0.1) is 0 Å². The lowest BCUT2D eigenvalue weighted by atomic mass is 9.91. The van der Waals surface area contributed by atoms with Crippen LogP contribution in [-0.2, 0) is 4.74 Å². The Morgan fingerprint density at radius 3 is 2.64 bits per heavy atom. The molecule has 1 unspecified atom stereocenters. The Balaban J connectivity index is 1.76. The van der Waals surface area contributed by atoms with Gasteiger partial charge in [-0.2, -0.15) is 0 Å². The molecular formula is C11H21NO2. The lowest BCUT2D eigenvalue weighted by Gasteiger charge is -2.33. The van der Waals surface area contributed by atoms with Crippen molar-refractivity contribution >= 4 is 0 Å². The topological polar surface area (TPSA) is 41.5 Å². The van der Waals surface area contributed by atoms with E-state index in [2.05, 4.69) is 5.32 Å². The van der Waals surface area contributed by atoms with E-state index >= 15 is 0 Å². The van der Waals surface area contributed by atoms with E-state index in [1.807, 2.05) is 0 Å². The predicted molar refractivity (Wildman–Crippen MR) is 55.2 cm³/mol. The summed E-state index contributed by atoms with van der Waals surface area (Å²) < 4.78 is 5.41. The number of hydrogen-bond donors (Lipinski definition) is 2. The second kappa shape index (κ2) is 5.10. The van der Waals surface area contributed by atoms with E-state index in [-0.39, 0.29) is 6.10 Å². The molecule has 0 aromatic rings. The Labute approximate surface area is 85.8 Å². The highest BCUT2D eigenvalue weighted by molar-refractivity contribution is 4.84. The van der Waals surface area contributed by atoms with E-state index < -0.39 is 0 Å². The zero-order valence-electron chi connectivity index (χ0n) is 8.74. The molecule has 3 nitrogen and oxygen atoms in total. The fourth-order valence-electron chi connectivity index (χ4n) is 2.48. The Bertz CT molecular complexity index is 169. The Morgan fingerprint density at radius 1 is 1.07 bits per heavy atom. The molecule has 1 saturated carbocycles. The van der Waals surface area contributed by atoms with Crippen molar-refractivity contribution in [3.63, 3.8) is 0 Å². The van der Waals surface area contributed by atoms with Crippen LogP contribution in [0.1, 0.15) is 38.5 Å². The minimum Gasteiger partial charge on any atom is -0.392 e. The maximum absolute atomic E-state index is 9.80. The van der Waals surface area contributed by atoms with Crippen LogP contribution >= 0.6 is 0 Å². The third kappa shape index (κ3) is 2.69. The van der Waals surface area contributed by atoms with Crippen molar-refractivity contribution in [1.82, 2.24) is 5.32 Å². The lowest BCUT2D eigenvalue weighted by Crippen LogP contribution is -2.49. The highest BCUT2D eigenvalue weighted by Gasteiger charge is 2.25. The molecule has 0 radical (unpaired) electrons. The van der Waals surface area contributed by atoms with Gasteiger partial charge in [0.05, 0.1) is 12.7 Å². The summed E-state index contributed by atoms with van der Waals surface area (Å²) in [7, 11) is 0. The molecule has 2 N–H and O–H groups in total. The zero-order valence-corrected chi connectivity index (χ0v) is 8.74. The van der Waals surface area contributed by atoms with Crippen molar-refractivity contribution in [2.24, 2.45) is 0 Å². The normalized spacial score (nSPS) is 39.6. The van der Waals surface area contributed by atoms with Gasteiger partial charge in [-0.05, 0) is 25.7 Å². The van der Waals surface area contributed by atoms with Crippen molar-refractivity contribution in [3.05, 3.63) is 0 Å². The van der Waals surface area contributed by atoms with Crippen LogP contribution in [-0.4, -0.2) is 36.5 Å². The standard InChI is InChI=1S/C11H21NO2/c13-11-6-2-1-5-10(11)12-9-4-3-7-14-8-9/h9-13H,1-8H2/t9?,10-,11-/m0/s1. The first-order valence-electron chi connectivity index (χ1n) is 5.88. The van der Waals surface area contributed by atoms with Crippen molar-refractivity contribution in [1.29, 1.82) is 0 Å². The smallest absolute Gasteiger partial charge is 0.0693 e. The van der Waals surface area contributed by atoms with Crippen LogP contribution in [0.15, 0.2) is 0 Å². The van der Waals surface area contributed by atoms with Gasteiger partial charge in [-0.3, -0.25) is 0 Å². The highest BCUT2D eigenvalue weighted by atomic mass is 16.5. The summed E-state index contributed by atoms with van der Waals surface area (Å²) in [5.74, 6) is 0. The van der Waals surface area contributed by atoms with E-state index in [1.54, 1.807) is 0 Å². The van der Waals surface area contributed by atoms with E-state index in [0.717, 1.165) is 32.5 Å². The number of nitrogens with one attached hydrogen (secondary N) is 1. The summed E-state index contributed by atoms with van der Waals surface area (Å²) in [6.07, 6.45) is 6.74. The first-order valence-corrected chi connectivity index (χ1v) is 5.88. The van der Waals surface area contributed by atoms with Gasteiger partial charge < -0.3 is 15.2 Å². The molecule has 0 bridgehead atoms. The van der Waals surface area contributed by atoms with Gasteiger partial charge in [0.1, 0.15) is 0 Å². The molecule has 14 heavy (non-hydrogen) atoms. The molecule has 0 spiro atoms. The third-order valence-corrected chi connectivity index (χ3v) is 3.34. The minimum absolute atomic E-state index is 0.134.